The van der Waals surface area contributed by atoms with Crippen LogP contribution in [0.2, 0.25) is 0 Å². The quantitative estimate of drug-likeness (QED) is 0.695. The molecule has 3 nitrogen and oxygen atoms in total. The summed E-state index contributed by atoms with van der Waals surface area (Å²) in [6.45, 7) is 13.6. The number of nitrogens with one attached hydrogen (secondary N) is 1. The van der Waals surface area contributed by atoms with Crippen molar-refractivity contribution in [3.63, 3.8) is 0 Å². The molecule has 0 bridgehead atoms. The van der Waals surface area contributed by atoms with Crippen molar-refractivity contribution in [2.75, 3.05) is 39.4 Å². The molecule has 19 heavy (non-hydrogen) atoms. The Morgan fingerprint density at radius 3 is 2.68 bits per heavy atom. The van der Waals surface area contributed by atoms with Gasteiger partial charge in [-0.1, -0.05) is 27.2 Å². The Labute approximate surface area is 119 Å². The summed E-state index contributed by atoms with van der Waals surface area (Å²) in [7, 11) is 0. The van der Waals surface area contributed by atoms with E-state index in [2.05, 4.69) is 31.0 Å². The molecule has 2 rings (SSSR count). The van der Waals surface area contributed by atoms with Gasteiger partial charge in [-0.05, 0) is 31.7 Å². The van der Waals surface area contributed by atoms with Gasteiger partial charge in [0, 0.05) is 37.7 Å². The summed E-state index contributed by atoms with van der Waals surface area (Å²) in [4.78, 5) is 2.64. The standard InChI is InChI=1S/C16H32N2O/c1-4-14(3)10-18(5-2)12-16(8-9-19-13-16)11-17-15-6-7-15/h14-15,17H,4-13H2,1-3H3. The lowest BCUT2D eigenvalue weighted by Gasteiger charge is -2.35. The summed E-state index contributed by atoms with van der Waals surface area (Å²) in [5.41, 5.74) is 0.367. The van der Waals surface area contributed by atoms with Crippen molar-refractivity contribution in [1.29, 1.82) is 0 Å². The first-order chi connectivity index (χ1) is 9.17. The Morgan fingerprint density at radius 1 is 1.37 bits per heavy atom. The van der Waals surface area contributed by atoms with E-state index >= 15 is 0 Å². The van der Waals surface area contributed by atoms with Gasteiger partial charge >= 0.3 is 0 Å². The maximum absolute atomic E-state index is 5.72. The number of hydrogen-bond donors (Lipinski definition) is 1. The molecule has 0 amide bonds. The summed E-state index contributed by atoms with van der Waals surface area (Å²) < 4.78 is 5.72. The van der Waals surface area contributed by atoms with E-state index < -0.39 is 0 Å². The van der Waals surface area contributed by atoms with Gasteiger partial charge in [-0.2, -0.15) is 0 Å². The average Bonchev–Trinajstić information content (AvgIpc) is 3.15. The molecule has 2 atom stereocenters. The van der Waals surface area contributed by atoms with Gasteiger partial charge in [0.15, 0.2) is 0 Å². The van der Waals surface area contributed by atoms with Crippen molar-refractivity contribution in [2.45, 2.75) is 52.5 Å². The van der Waals surface area contributed by atoms with Crippen molar-refractivity contribution < 1.29 is 4.74 Å². The fourth-order valence-electron chi connectivity index (χ4n) is 2.97. The second kappa shape index (κ2) is 7.05. The zero-order valence-electron chi connectivity index (χ0n) is 13.1. The molecule has 1 aliphatic heterocycles. The molecular formula is C16H32N2O. The van der Waals surface area contributed by atoms with Gasteiger partial charge in [0.05, 0.1) is 6.61 Å². The van der Waals surface area contributed by atoms with Crippen molar-refractivity contribution in [3.8, 4) is 0 Å². The Morgan fingerprint density at radius 2 is 2.16 bits per heavy atom. The summed E-state index contributed by atoms with van der Waals surface area (Å²) in [5.74, 6) is 0.802. The predicted octanol–water partition coefficient (Wildman–Crippen LogP) is 2.51. The molecule has 2 unspecified atom stereocenters. The summed E-state index contributed by atoms with van der Waals surface area (Å²) in [5, 5.41) is 3.73. The normalized spacial score (nSPS) is 29.1. The number of nitrogens with zero attached hydrogens (tertiary/aromatic N) is 1. The van der Waals surface area contributed by atoms with Crippen LogP contribution in [0, 0.1) is 11.3 Å². The lowest BCUT2D eigenvalue weighted by atomic mass is 9.86. The van der Waals surface area contributed by atoms with Crippen LogP contribution in [0.15, 0.2) is 0 Å². The van der Waals surface area contributed by atoms with Crippen molar-refractivity contribution in [2.24, 2.45) is 11.3 Å². The third kappa shape index (κ3) is 4.73. The maximum atomic E-state index is 5.72. The van der Waals surface area contributed by atoms with Crippen LogP contribution >= 0.6 is 0 Å². The Bertz CT molecular complexity index is 259. The first kappa shape index (κ1) is 15.3. The Balaban J connectivity index is 1.85. The molecule has 112 valence electrons. The van der Waals surface area contributed by atoms with Crippen LogP contribution in [0.3, 0.4) is 0 Å². The SMILES string of the molecule is CCC(C)CN(CC)CC1(CNC2CC2)CCOC1. The van der Waals surface area contributed by atoms with Crippen LogP contribution in [0.4, 0.5) is 0 Å². The molecule has 3 heteroatoms. The topological polar surface area (TPSA) is 24.5 Å². The summed E-state index contributed by atoms with van der Waals surface area (Å²) >= 11 is 0. The highest BCUT2D eigenvalue weighted by Crippen LogP contribution is 2.31. The monoisotopic (exact) mass is 268 g/mol. The van der Waals surface area contributed by atoms with Crippen LogP contribution in [-0.4, -0.2) is 50.3 Å². The number of hydrogen-bond acceptors (Lipinski definition) is 3. The molecule has 1 saturated carbocycles. The zero-order chi connectivity index (χ0) is 13.7. The molecule has 1 saturated heterocycles. The van der Waals surface area contributed by atoms with Crippen molar-refractivity contribution in [3.05, 3.63) is 0 Å². The van der Waals surface area contributed by atoms with Gasteiger partial charge in [-0.15, -0.1) is 0 Å². The van der Waals surface area contributed by atoms with E-state index in [-0.39, 0.29) is 0 Å². The van der Waals surface area contributed by atoms with Gasteiger partial charge in [-0.25, -0.2) is 0 Å². The molecule has 0 spiro atoms. The molecule has 2 aliphatic rings. The van der Waals surface area contributed by atoms with E-state index in [1.807, 2.05) is 0 Å². The molecule has 0 aromatic rings. The van der Waals surface area contributed by atoms with Gasteiger partial charge in [0.2, 0.25) is 0 Å². The lowest BCUT2D eigenvalue weighted by molar-refractivity contribution is 0.103. The summed E-state index contributed by atoms with van der Waals surface area (Å²) in [6, 6.07) is 0.808. The highest BCUT2D eigenvalue weighted by atomic mass is 16.5. The minimum atomic E-state index is 0.367. The van der Waals surface area contributed by atoms with E-state index in [9.17, 15) is 0 Å². The molecule has 1 aliphatic carbocycles. The fourth-order valence-corrected chi connectivity index (χ4v) is 2.97. The van der Waals surface area contributed by atoms with Crippen LogP contribution in [0.25, 0.3) is 0 Å². The third-order valence-electron chi connectivity index (χ3n) is 4.80. The van der Waals surface area contributed by atoms with Crippen molar-refractivity contribution >= 4 is 0 Å². The van der Waals surface area contributed by atoms with E-state index in [0.717, 1.165) is 38.3 Å². The van der Waals surface area contributed by atoms with Crippen LogP contribution < -0.4 is 5.32 Å². The molecule has 1 heterocycles. The van der Waals surface area contributed by atoms with Crippen LogP contribution in [-0.2, 0) is 4.74 Å². The highest BCUT2D eigenvalue weighted by molar-refractivity contribution is 4.92. The highest BCUT2D eigenvalue weighted by Gasteiger charge is 2.37. The molecule has 1 N–H and O–H groups in total. The first-order valence-electron chi connectivity index (χ1n) is 8.21. The molecule has 0 aromatic heterocycles. The first-order valence-corrected chi connectivity index (χ1v) is 8.21. The van der Waals surface area contributed by atoms with Crippen LogP contribution in [0.1, 0.15) is 46.5 Å². The van der Waals surface area contributed by atoms with Crippen LogP contribution in [0.5, 0.6) is 0 Å². The molecule has 0 radical (unpaired) electrons. The molecule has 2 fully saturated rings. The summed E-state index contributed by atoms with van der Waals surface area (Å²) in [6.07, 6.45) is 5.26. The average molecular weight is 268 g/mol. The molecular weight excluding hydrogens is 236 g/mol. The largest absolute Gasteiger partial charge is 0.381 e. The number of rotatable bonds is 9. The van der Waals surface area contributed by atoms with E-state index in [0.29, 0.717) is 5.41 Å². The second-order valence-electron chi connectivity index (χ2n) is 6.80. The Hall–Kier alpha value is -0.120. The smallest absolute Gasteiger partial charge is 0.0547 e. The van der Waals surface area contributed by atoms with Gasteiger partial charge in [-0.3, -0.25) is 0 Å². The van der Waals surface area contributed by atoms with E-state index in [4.69, 9.17) is 4.74 Å². The van der Waals surface area contributed by atoms with Gasteiger partial charge < -0.3 is 15.0 Å². The lowest BCUT2D eigenvalue weighted by Crippen LogP contribution is -2.46. The van der Waals surface area contributed by atoms with E-state index in [1.165, 1.54) is 38.8 Å². The van der Waals surface area contributed by atoms with Crippen molar-refractivity contribution in [1.82, 2.24) is 10.2 Å². The van der Waals surface area contributed by atoms with Gasteiger partial charge in [0.25, 0.3) is 0 Å². The van der Waals surface area contributed by atoms with Gasteiger partial charge in [0.1, 0.15) is 0 Å². The Kier molecular flexibility index (Phi) is 5.67. The number of ether oxygens (including phenoxy) is 1. The minimum absolute atomic E-state index is 0.367. The zero-order valence-corrected chi connectivity index (χ0v) is 13.1. The fraction of sp³-hybridized carbons (Fsp3) is 1.00. The molecule has 0 aromatic carbocycles. The predicted molar refractivity (Wildman–Crippen MR) is 80.5 cm³/mol. The maximum Gasteiger partial charge on any atom is 0.0547 e. The van der Waals surface area contributed by atoms with E-state index in [1.54, 1.807) is 0 Å². The minimum Gasteiger partial charge on any atom is -0.381 e. The third-order valence-corrected chi connectivity index (χ3v) is 4.80. The second-order valence-corrected chi connectivity index (χ2v) is 6.80.